The van der Waals surface area contributed by atoms with Crippen molar-refractivity contribution in [3.05, 3.63) is 29.8 Å². The number of carbonyl (C=O) groups excluding carboxylic acids is 3. The molecule has 8 heteroatoms. The average molecular weight is 403 g/mol. The van der Waals surface area contributed by atoms with E-state index in [-0.39, 0.29) is 24.1 Å². The summed E-state index contributed by atoms with van der Waals surface area (Å²) in [6, 6.07) is 6.68. The number of hydrogen-bond acceptors (Lipinski definition) is 5. The minimum atomic E-state index is -0.565. The quantitative estimate of drug-likeness (QED) is 0.758. The number of ether oxygens (including phenoxy) is 2. The molecular formula is C21H29N3O5. The fourth-order valence-electron chi connectivity index (χ4n) is 3.59. The molecule has 0 aliphatic carbocycles. The Morgan fingerprint density at radius 2 is 1.76 bits per heavy atom. The zero-order valence-electron chi connectivity index (χ0n) is 17.7. The highest BCUT2D eigenvalue weighted by Gasteiger charge is 2.37. The van der Waals surface area contributed by atoms with Crippen LogP contribution in [0.2, 0.25) is 0 Å². The molecule has 8 nitrogen and oxygen atoms in total. The van der Waals surface area contributed by atoms with Crippen LogP contribution in [0.15, 0.2) is 24.3 Å². The maximum atomic E-state index is 13.2. The summed E-state index contributed by atoms with van der Waals surface area (Å²) in [6.07, 6.45) is -0.763. The summed E-state index contributed by atoms with van der Waals surface area (Å²) >= 11 is 0. The third-order valence-corrected chi connectivity index (χ3v) is 5.04. The van der Waals surface area contributed by atoms with Gasteiger partial charge in [-0.25, -0.2) is 9.59 Å². The third kappa shape index (κ3) is 4.63. The zero-order valence-corrected chi connectivity index (χ0v) is 17.7. The Morgan fingerprint density at radius 3 is 2.38 bits per heavy atom. The predicted molar refractivity (Wildman–Crippen MR) is 108 cm³/mol. The summed E-state index contributed by atoms with van der Waals surface area (Å²) in [6.45, 7) is 11.0. The van der Waals surface area contributed by atoms with Gasteiger partial charge >= 0.3 is 12.2 Å². The van der Waals surface area contributed by atoms with Crippen molar-refractivity contribution in [1.82, 2.24) is 9.80 Å². The van der Waals surface area contributed by atoms with Gasteiger partial charge in [0, 0.05) is 36.4 Å². The van der Waals surface area contributed by atoms with Gasteiger partial charge in [-0.05, 0) is 52.8 Å². The molecule has 0 bridgehead atoms. The van der Waals surface area contributed by atoms with Crippen LogP contribution in [0.25, 0.3) is 0 Å². The standard InChI is InChI=1S/C21H29N3O5/c1-14-13-24(20(27)29-21(3,4)5)15(2)12-23(14)18(25)16-7-6-8-17(11-16)22-9-10-28-19(22)26/h6-8,11,14-15H,9-10,12-13H2,1-5H3/t14-,15+/m0/s1. The molecule has 0 radical (unpaired) electrons. The van der Waals surface area contributed by atoms with E-state index in [0.717, 1.165) is 0 Å². The SMILES string of the molecule is C[C@@H]1CN(C(=O)c2cccc(N3CCOC3=O)c2)[C@@H](C)CN1C(=O)OC(C)(C)C. The third-order valence-electron chi connectivity index (χ3n) is 5.04. The van der Waals surface area contributed by atoms with Crippen LogP contribution in [0.3, 0.4) is 0 Å². The van der Waals surface area contributed by atoms with Crippen LogP contribution in [0.4, 0.5) is 15.3 Å². The number of anilines is 1. The second-order valence-electron chi connectivity index (χ2n) is 8.60. The van der Waals surface area contributed by atoms with Gasteiger partial charge in [0.2, 0.25) is 0 Å². The molecule has 2 aliphatic rings. The van der Waals surface area contributed by atoms with E-state index in [0.29, 0.717) is 37.5 Å². The first-order valence-electron chi connectivity index (χ1n) is 9.92. The highest BCUT2D eigenvalue weighted by atomic mass is 16.6. The van der Waals surface area contributed by atoms with E-state index in [1.54, 1.807) is 34.1 Å². The topological polar surface area (TPSA) is 79.4 Å². The van der Waals surface area contributed by atoms with Crippen molar-refractivity contribution < 1.29 is 23.9 Å². The van der Waals surface area contributed by atoms with Crippen molar-refractivity contribution in [1.29, 1.82) is 0 Å². The van der Waals surface area contributed by atoms with Crippen molar-refractivity contribution >= 4 is 23.8 Å². The Kier molecular flexibility index (Phi) is 5.73. The summed E-state index contributed by atoms with van der Waals surface area (Å²) in [5.41, 5.74) is 0.586. The first kappa shape index (κ1) is 21.0. The first-order chi connectivity index (χ1) is 13.6. The minimum absolute atomic E-state index is 0.123. The van der Waals surface area contributed by atoms with Gasteiger partial charge in [-0.15, -0.1) is 0 Å². The lowest BCUT2D eigenvalue weighted by molar-refractivity contribution is -0.00788. The highest BCUT2D eigenvalue weighted by molar-refractivity contribution is 5.97. The van der Waals surface area contributed by atoms with Gasteiger partial charge in [0.1, 0.15) is 12.2 Å². The summed E-state index contributed by atoms with van der Waals surface area (Å²) in [4.78, 5) is 42.4. The molecule has 0 saturated carbocycles. The molecule has 2 saturated heterocycles. The van der Waals surface area contributed by atoms with E-state index in [1.165, 1.54) is 4.90 Å². The monoisotopic (exact) mass is 403 g/mol. The fourth-order valence-corrected chi connectivity index (χ4v) is 3.59. The summed E-state index contributed by atoms with van der Waals surface area (Å²) < 4.78 is 10.5. The van der Waals surface area contributed by atoms with Crippen molar-refractivity contribution in [3.63, 3.8) is 0 Å². The van der Waals surface area contributed by atoms with Crippen LogP contribution < -0.4 is 4.90 Å². The predicted octanol–water partition coefficient (Wildman–Crippen LogP) is 3.11. The molecule has 2 heterocycles. The van der Waals surface area contributed by atoms with E-state index < -0.39 is 11.7 Å². The molecular weight excluding hydrogens is 374 g/mol. The largest absolute Gasteiger partial charge is 0.447 e. The van der Waals surface area contributed by atoms with E-state index >= 15 is 0 Å². The van der Waals surface area contributed by atoms with E-state index in [4.69, 9.17) is 9.47 Å². The lowest BCUT2D eigenvalue weighted by atomic mass is 10.1. The summed E-state index contributed by atoms with van der Waals surface area (Å²) in [7, 11) is 0. The second-order valence-corrected chi connectivity index (χ2v) is 8.60. The molecule has 29 heavy (non-hydrogen) atoms. The van der Waals surface area contributed by atoms with Crippen molar-refractivity contribution in [2.75, 3.05) is 31.1 Å². The molecule has 2 atom stereocenters. The van der Waals surface area contributed by atoms with Gasteiger partial charge in [0.05, 0.1) is 6.54 Å². The van der Waals surface area contributed by atoms with Crippen molar-refractivity contribution in [3.8, 4) is 0 Å². The fraction of sp³-hybridized carbons (Fsp3) is 0.571. The Hall–Kier alpha value is -2.77. The van der Waals surface area contributed by atoms with E-state index in [2.05, 4.69) is 0 Å². The molecule has 0 aromatic heterocycles. The molecule has 2 aliphatic heterocycles. The number of nitrogens with zero attached hydrogens (tertiary/aromatic N) is 3. The molecule has 0 unspecified atom stereocenters. The van der Waals surface area contributed by atoms with Crippen molar-refractivity contribution in [2.45, 2.75) is 52.3 Å². The smallest absolute Gasteiger partial charge is 0.414 e. The second kappa shape index (κ2) is 7.93. The van der Waals surface area contributed by atoms with Crippen molar-refractivity contribution in [2.24, 2.45) is 0 Å². The summed E-state index contributed by atoms with van der Waals surface area (Å²) in [5.74, 6) is -0.123. The minimum Gasteiger partial charge on any atom is -0.447 e. The van der Waals surface area contributed by atoms with E-state index in [1.807, 2.05) is 34.6 Å². The molecule has 158 valence electrons. The lowest BCUT2D eigenvalue weighted by Crippen LogP contribution is -2.60. The summed E-state index contributed by atoms with van der Waals surface area (Å²) in [5, 5.41) is 0. The van der Waals surface area contributed by atoms with Crippen LogP contribution in [0.5, 0.6) is 0 Å². The Labute approximate surface area is 171 Å². The number of hydrogen-bond donors (Lipinski definition) is 0. The van der Waals surface area contributed by atoms with Gasteiger partial charge in [-0.1, -0.05) is 6.07 Å². The lowest BCUT2D eigenvalue weighted by Gasteiger charge is -2.44. The molecule has 1 aromatic carbocycles. The van der Waals surface area contributed by atoms with Gasteiger partial charge in [-0.3, -0.25) is 9.69 Å². The zero-order chi connectivity index (χ0) is 21.3. The van der Waals surface area contributed by atoms with Gasteiger partial charge in [0.15, 0.2) is 0 Å². The number of cyclic esters (lactones) is 1. The number of benzene rings is 1. The molecule has 0 spiro atoms. The Bertz CT molecular complexity index is 804. The van der Waals surface area contributed by atoms with Gasteiger partial charge < -0.3 is 19.3 Å². The Balaban J connectivity index is 1.72. The van der Waals surface area contributed by atoms with Crippen LogP contribution >= 0.6 is 0 Å². The number of carbonyl (C=O) groups is 3. The molecule has 0 N–H and O–H groups in total. The number of rotatable bonds is 2. The van der Waals surface area contributed by atoms with Crippen LogP contribution in [-0.4, -0.2) is 71.8 Å². The van der Waals surface area contributed by atoms with Gasteiger partial charge in [0.25, 0.3) is 5.91 Å². The van der Waals surface area contributed by atoms with Gasteiger partial charge in [-0.2, -0.15) is 0 Å². The van der Waals surface area contributed by atoms with Crippen LogP contribution in [0, 0.1) is 0 Å². The molecule has 3 amide bonds. The number of amides is 3. The Morgan fingerprint density at radius 1 is 1.10 bits per heavy atom. The molecule has 2 fully saturated rings. The molecule has 1 aromatic rings. The maximum Gasteiger partial charge on any atom is 0.414 e. The first-order valence-corrected chi connectivity index (χ1v) is 9.92. The average Bonchev–Trinajstić information content (AvgIpc) is 3.07. The van der Waals surface area contributed by atoms with Crippen LogP contribution in [0.1, 0.15) is 45.0 Å². The highest BCUT2D eigenvalue weighted by Crippen LogP contribution is 2.24. The molecule has 3 rings (SSSR count). The maximum absolute atomic E-state index is 13.2. The van der Waals surface area contributed by atoms with Crippen LogP contribution in [-0.2, 0) is 9.47 Å². The van der Waals surface area contributed by atoms with E-state index in [9.17, 15) is 14.4 Å². The number of piperazine rings is 1. The normalized spacial score (nSPS) is 22.5.